The lowest BCUT2D eigenvalue weighted by molar-refractivity contribution is -0.122. The van der Waals surface area contributed by atoms with Crippen molar-refractivity contribution in [3.8, 4) is 0 Å². The van der Waals surface area contributed by atoms with Crippen LogP contribution in [0.3, 0.4) is 0 Å². The number of rotatable bonds is 2. The van der Waals surface area contributed by atoms with Crippen LogP contribution in [-0.2, 0) is 11.8 Å². The Morgan fingerprint density at radius 2 is 2.03 bits per heavy atom. The first-order valence-electron chi connectivity index (χ1n) is 10.3. The zero-order valence-corrected chi connectivity index (χ0v) is 17.2. The Bertz CT molecular complexity index is 1160. The molecule has 4 heterocycles. The zero-order valence-electron chi connectivity index (χ0n) is 17.2. The van der Waals surface area contributed by atoms with E-state index in [4.69, 9.17) is 0 Å². The molecule has 1 aromatic carbocycles. The lowest BCUT2D eigenvalue weighted by atomic mass is 10.0. The van der Waals surface area contributed by atoms with E-state index in [0.29, 0.717) is 6.04 Å². The first-order valence-corrected chi connectivity index (χ1v) is 10.3. The third-order valence-electron chi connectivity index (χ3n) is 5.71. The van der Waals surface area contributed by atoms with Crippen molar-refractivity contribution in [1.29, 1.82) is 0 Å². The number of piperazine rings is 1. The quantitative estimate of drug-likeness (QED) is 0.844. The molecule has 3 aliphatic heterocycles. The molecule has 0 bridgehead atoms. The molecule has 6 nitrogen and oxygen atoms in total. The summed E-state index contributed by atoms with van der Waals surface area (Å²) in [7, 11) is 1.91. The first kappa shape index (κ1) is 18.6. The Morgan fingerprint density at radius 1 is 1.17 bits per heavy atom. The maximum atomic E-state index is 13.2. The van der Waals surface area contributed by atoms with E-state index < -0.39 is 0 Å². The second-order valence-corrected chi connectivity index (χ2v) is 8.02. The van der Waals surface area contributed by atoms with Crippen LogP contribution >= 0.6 is 0 Å². The van der Waals surface area contributed by atoms with Gasteiger partial charge in [-0.15, -0.1) is 0 Å². The number of amides is 1. The molecule has 30 heavy (non-hydrogen) atoms. The number of allylic oxidation sites excluding steroid dienone is 6. The van der Waals surface area contributed by atoms with Crippen molar-refractivity contribution < 1.29 is 4.79 Å². The van der Waals surface area contributed by atoms with E-state index >= 15 is 0 Å². The largest absolute Gasteiger partial charge is 0.368 e. The minimum absolute atomic E-state index is 0.0445. The first-order chi connectivity index (χ1) is 14.6. The third kappa shape index (κ3) is 3.50. The van der Waals surface area contributed by atoms with Gasteiger partial charge in [0.1, 0.15) is 0 Å². The highest BCUT2D eigenvalue weighted by molar-refractivity contribution is 6.00. The molecule has 2 aromatic rings. The van der Waals surface area contributed by atoms with E-state index in [-0.39, 0.29) is 5.91 Å². The summed E-state index contributed by atoms with van der Waals surface area (Å²) in [6, 6.07) is 6.53. The molecular weight excluding hydrogens is 374 g/mol. The van der Waals surface area contributed by atoms with Crippen molar-refractivity contribution in [3.63, 3.8) is 0 Å². The van der Waals surface area contributed by atoms with Gasteiger partial charge in [-0.05, 0) is 48.4 Å². The third-order valence-corrected chi connectivity index (χ3v) is 5.71. The molecule has 0 radical (unpaired) electrons. The summed E-state index contributed by atoms with van der Waals surface area (Å²) in [5, 5.41) is 8.95. The molecule has 0 saturated carbocycles. The zero-order chi connectivity index (χ0) is 20.7. The monoisotopic (exact) mass is 399 g/mol. The summed E-state index contributed by atoms with van der Waals surface area (Å²) in [6.07, 6.45) is 15.8. The van der Waals surface area contributed by atoms with Crippen LogP contribution in [0.25, 0.3) is 16.5 Å². The van der Waals surface area contributed by atoms with E-state index in [9.17, 15) is 4.79 Å². The SMILES string of the molecule is C[C@H]1CN(C2=CN3C(=O)/C=C(c4ccc5nn(C)cc5c4)\C=C\C=C3C=C2)CCN1. The van der Waals surface area contributed by atoms with Crippen LogP contribution in [0.5, 0.6) is 0 Å². The number of carbonyl (C=O) groups excluding carboxylic acids is 1. The molecule has 1 amide bonds. The molecule has 152 valence electrons. The van der Waals surface area contributed by atoms with Crippen molar-refractivity contribution in [1.82, 2.24) is 24.9 Å². The number of hydrogen-bond donors (Lipinski definition) is 1. The van der Waals surface area contributed by atoms with Crippen molar-refractivity contribution in [2.75, 3.05) is 19.6 Å². The smallest absolute Gasteiger partial charge is 0.255 e. The molecule has 1 fully saturated rings. The van der Waals surface area contributed by atoms with Crippen molar-refractivity contribution in [3.05, 3.63) is 84.0 Å². The second kappa shape index (κ2) is 7.46. The van der Waals surface area contributed by atoms with Crippen LogP contribution in [-0.4, -0.2) is 51.2 Å². The van der Waals surface area contributed by atoms with Crippen LogP contribution in [0.4, 0.5) is 0 Å². The molecule has 5 rings (SSSR count). The highest BCUT2D eigenvalue weighted by Gasteiger charge is 2.23. The van der Waals surface area contributed by atoms with Crippen molar-refractivity contribution in [2.45, 2.75) is 13.0 Å². The van der Waals surface area contributed by atoms with Gasteiger partial charge in [-0.2, -0.15) is 5.10 Å². The normalized spacial score (nSPS) is 24.5. The molecule has 1 saturated heterocycles. The van der Waals surface area contributed by atoms with Crippen LogP contribution in [0.15, 0.2) is 78.4 Å². The average Bonchev–Trinajstić information content (AvgIpc) is 3.11. The number of carbonyl (C=O) groups is 1. The maximum absolute atomic E-state index is 13.2. The fourth-order valence-corrected chi connectivity index (χ4v) is 4.19. The summed E-state index contributed by atoms with van der Waals surface area (Å²) in [4.78, 5) is 17.3. The second-order valence-electron chi connectivity index (χ2n) is 8.02. The number of fused-ring (bicyclic) bond motifs is 2. The standard InChI is InChI=1S/C24H25N5O/c1-17-14-28(11-10-25-17)22-8-7-21-5-3-4-18(13-24(30)29(21)16-22)19-6-9-23-20(12-19)15-27(2)26-23/h3-9,12-13,15-17,25H,10-11,14H2,1-2H3/b4-3+,18-13+,21-5?/t17-/m0/s1. The number of aromatic nitrogens is 2. The van der Waals surface area contributed by atoms with Crippen LogP contribution in [0.2, 0.25) is 0 Å². The van der Waals surface area contributed by atoms with Gasteiger partial charge in [-0.25, -0.2) is 0 Å². The molecule has 1 atom stereocenters. The Labute approximate surface area is 176 Å². The topological polar surface area (TPSA) is 53.4 Å². The van der Waals surface area contributed by atoms with Gasteiger partial charge in [0.05, 0.1) is 11.2 Å². The van der Waals surface area contributed by atoms with E-state index in [1.54, 1.807) is 15.7 Å². The molecule has 0 spiro atoms. The average molecular weight is 399 g/mol. The van der Waals surface area contributed by atoms with Gasteiger partial charge < -0.3 is 10.2 Å². The highest BCUT2D eigenvalue weighted by Crippen LogP contribution is 2.26. The fraction of sp³-hybridized carbons (Fsp3) is 0.250. The Kier molecular flexibility index (Phi) is 4.64. The van der Waals surface area contributed by atoms with Crippen molar-refractivity contribution in [2.24, 2.45) is 7.05 Å². The maximum Gasteiger partial charge on any atom is 0.255 e. The van der Waals surface area contributed by atoms with E-state index in [1.165, 1.54) is 0 Å². The molecule has 3 aliphatic rings. The van der Waals surface area contributed by atoms with Gasteiger partial charge in [0, 0.05) is 62.3 Å². The molecule has 0 aliphatic carbocycles. The number of nitrogens with one attached hydrogen (secondary N) is 1. The summed E-state index contributed by atoms with van der Waals surface area (Å²) < 4.78 is 1.81. The Morgan fingerprint density at radius 3 is 2.90 bits per heavy atom. The predicted molar refractivity (Wildman–Crippen MR) is 119 cm³/mol. The van der Waals surface area contributed by atoms with Crippen LogP contribution in [0.1, 0.15) is 12.5 Å². The van der Waals surface area contributed by atoms with Gasteiger partial charge in [0.2, 0.25) is 0 Å². The molecule has 1 aromatic heterocycles. The predicted octanol–water partition coefficient (Wildman–Crippen LogP) is 2.94. The van der Waals surface area contributed by atoms with E-state index in [1.807, 2.05) is 55.9 Å². The number of benzene rings is 1. The van der Waals surface area contributed by atoms with Crippen LogP contribution < -0.4 is 5.32 Å². The van der Waals surface area contributed by atoms with E-state index in [0.717, 1.165) is 53.1 Å². The molecular formula is C24H25N5O. The van der Waals surface area contributed by atoms with Gasteiger partial charge >= 0.3 is 0 Å². The number of nitrogens with zero attached hydrogens (tertiary/aromatic N) is 4. The van der Waals surface area contributed by atoms with Crippen molar-refractivity contribution >= 4 is 22.4 Å². The summed E-state index contributed by atoms with van der Waals surface area (Å²) in [5.74, 6) is -0.0445. The summed E-state index contributed by atoms with van der Waals surface area (Å²) in [5.41, 5.74) is 4.79. The molecule has 1 N–H and O–H groups in total. The summed E-state index contributed by atoms with van der Waals surface area (Å²) in [6.45, 7) is 5.01. The fourth-order valence-electron chi connectivity index (χ4n) is 4.19. The van der Waals surface area contributed by atoms with Gasteiger partial charge in [-0.1, -0.05) is 18.2 Å². The van der Waals surface area contributed by atoms with Gasteiger partial charge in [0.25, 0.3) is 5.91 Å². The minimum atomic E-state index is -0.0445. The molecule has 6 heteroatoms. The minimum Gasteiger partial charge on any atom is -0.368 e. The van der Waals surface area contributed by atoms with Crippen LogP contribution in [0, 0.1) is 0 Å². The number of hydrogen-bond acceptors (Lipinski definition) is 4. The lowest BCUT2D eigenvalue weighted by Gasteiger charge is -2.36. The van der Waals surface area contributed by atoms with Gasteiger partial charge in [0.15, 0.2) is 0 Å². The summed E-state index contributed by atoms with van der Waals surface area (Å²) >= 11 is 0. The lowest BCUT2D eigenvalue weighted by Crippen LogP contribution is -2.48. The molecule has 0 unspecified atom stereocenters. The highest BCUT2D eigenvalue weighted by atomic mass is 16.2. The number of aryl methyl sites for hydroxylation is 1. The van der Waals surface area contributed by atoms with Gasteiger partial charge in [-0.3, -0.25) is 14.4 Å². The Balaban J connectivity index is 1.47. The van der Waals surface area contributed by atoms with E-state index in [2.05, 4.69) is 34.4 Å². The Hall–Kier alpha value is -3.38.